The van der Waals surface area contributed by atoms with E-state index in [9.17, 15) is 0 Å². The molecule has 0 aliphatic heterocycles. The summed E-state index contributed by atoms with van der Waals surface area (Å²) in [7, 11) is 0. The van der Waals surface area contributed by atoms with Crippen molar-refractivity contribution in [1.29, 1.82) is 0 Å². The van der Waals surface area contributed by atoms with Gasteiger partial charge < -0.3 is 10.2 Å². The summed E-state index contributed by atoms with van der Waals surface area (Å²) in [5, 5.41) is 13.9. The molecule has 0 aromatic rings. The van der Waals surface area contributed by atoms with E-state index in [-0.39, 0.29) is 122 Å². The fourth-order valence-corrected chi connectivity index (χ4v) is 0. The molecule has 7 heavy (non-hydrogen) atoms. The third kappa shape index (κ3) is 51.5. The van der Waals surface area contributed by atoms with Gasteiger partial charge in [-0.1, -0.05) is 0 Å². The van der Waals surface area contributed by atoms with Crippen LogP contribution < -0.4 is 0 Å². The number of rotatable bonds is 0. The topological polar surface area (TPSA) is 57.5 Å². The first kappa shape index (κ1) is 22.6. The van der Waals surface area contributed by atoms with Crippen molar-refractivity contribution in [2.24, 2.45) is 0 Å². The van der Waals surface area contributed by atoms with Crippen molar-refractivity contribution in [2.75, 3.05) is 0 Å². The number of carboxylic acid groups (broad SMARTS) is 2. The SMILES string of the molecule is F.O=C(O)O.[BaH2].[CsH]. The Labute approximate surface area is 139 Å². The molecule has 6 heteroatoms. The summed E-state index contributed by atoms with van der Waals surface area (Å²) in [5.74, 6) is 0. The number of hydrogen-bond donors (Lipinski definition) is 2. The van der Waals surface area contributed by atoms with E-state index in [1.54, 1.807) is 0 Å². The zero-order chi connectivity index (χ0) is 3.58. The van der Waals surface area contributed by atoms with Gasteiger partial charge in [-0.15, -0.1) is 0 Å². The summed E-state index contributed by atoms with van der Waals surface area (Å²) in [6.07, 6.45) is -1.83. The Hall–Kier alpha value is 2.82. The van der Waals surface area contributed by atoms with E-state index in [4.69, 9.17) is 15.0 Å². The molecule has 0 rings (SSSR count). The number of hydrogen-bond acceptors (Lipinski definition) is 1. The Morgan fingerprint density at radius 1 is 1.29 bits per heavy atom. The molecule has 0 heterocycles. The zero-order valence-corrected chi connectivity index (χ0v) is 2.21. The maximum atomic E-state index is 8.56. The van der Waals surface area contributed by atoms with Crippen LogP contribution in [0, 0.1) is 0 Å². The van der Waals surface area contributed by atoms with Gasteiger partial charge in [-0.05, 0) is 0 Å². The second-order valence-corrected chi connectivity index (χ2v) is 0.283. The average molecular weight is 355 g/mol. The molecule has 0 saturated heterocycles. The molecule has 0 atom stereocenters. The van der Waals surface area contributed by atoms with Gasteiger partial charge in [-0.2, -0.15) is 0 Å². The van der Waals surface area contributed by atoms with Gasteiger partial charge in [0, 0.05) is 0 Å². The van der Waals surface area contributed by atoms with Gasteiger partial charge >= 0.3 is 124 Å². The number of carbonyl (C=O) groups is 1. The van der Waals surface area contributed by atoms with E-state index in [0.29, 0.717) is 0 Å². The summed E-state index contributed by atoms with van der Waals surface area (Å²) < 4.78 is 0. The second kappa shape index (κ2) is 15.9. The van der Waals surface area contributed by atoms with Crippen LogP contribution in [0.5, 0.6) is 0 Å². The minimum absolute atomic E-state index is 0. The van der Waals surface area contributed by atoms with Crippen LogP contribution in [0.4, 0.5) is 9.50 Å². The first-order valence-corrected chi connectivity index (χ1v) is 0.651. The van der Waals surface area contributed by atoms with Crippen molar-refractivity contribution < 1.29 is 19.7 Å². The Bertz CT molecular complexity index is 37.9. The molecule has 0 bridgehead atoms. The van der Waals surface area contributed by atoms with Crippen molar-refractivity contribution in [1.82, 2.24) is 0 Å². The average Bonchev–Trinajstić information content (AvgIpc) is 0.811. The fourth-order valence-electron chi connectivity index (χ4n) is 0. The monoisotopic (exact) mass is 356 g/mol. The van der Waals surface area contributed by atoms with Crippen molar-refractivity contribution in [2.45, 2.75) is 0 Å². The Morgan fingerprint density at radius 3 is 1.29 bits per heavy atom. The van der Waals surface area contributed by atoms with Crippen molar-refractivity contribution in [3.63, 3.8) is 0 Å². The Balaban J connectivity index is -0.0000000150. The van der Waals surface area contributed by atoms with E-state index in [2.05, 4.69) is 0 Å². The first-order chi connectivity index (χ1) is 1.73. The molecule has 3 nitrogen and oxygen atoms in total. The van der Waals surface area contributed by atoms with Gasteiger partial charge in [-0.3, -0.25) is 4.70 Å². The molecule has 2 N–H and O–H groups in total. The molecule has 0 aromatic carbocycles. The van der Waals surface area contributed by atoms with Crippen molar-refractivity contribution >= 4 is 124 Å². The normalized spacial score (nSPS) is 3.43. The molecule has 0 radical (unpaired) electrons. The summed E-state index contributed by atoms with van der Waals surface area (Å²) in [5.41, 5.74) is 0. The van der Waals surface area contributed by atoms with Crippen molar-refractivity contribution in [3.8, 4) is 0 Å². The van der Waals surface area contributed by atoms with Crippen LogP contribution in [0.3, 0.4) is 0 Å². The molecule has 0 aliphatic carbocycles. The van der Waals surface area contributed by atoms with E-state index in [0.717, 1.165) is 0 Å². The summed E-state index contributed by atoms with van der Waals surface area (Å²) >= 11 is 0. The molecule has 0 unspecified atom stereocenters. The van der Waals surface area contributed by atoms with Crippen LogP contribution in [-0.2, 0) is 0 Å². The van der Waals surface area contributed by atoms with Gasteiger partial charge in [0.25, 0.3) is 0 Å². The van der Waals surface area contributed by atoms with Gasteiger partial charge in [0.1, 0.15) is 0 Å². The van der Waals surface area contributed by atoms with Crippen LogP contribution in [0.2, 0.25) is 0 Å². The molecular formula is CH6BaCsFO3. The Morgan fingerprint density at radius 2 is 1.29 bits per heavy atom. The molecule has 0 aromatic heterocycles. The minimum atomic E-state index is -1.83. The molecule has 38 valence electrons. The van der Waals surface area contributed by atoms with Crippen LogP contribution in [0.25, 0.3) is 0 Å². The first-order valence-electron chi connectivity index (χ1n) is 0.651. The summed E-state index contributed by atoms with van der Waals surface area (Å²) in [6, 6.07) is 0. The van der Waals surface area contributed by atoms with Crippen molar-refractivity contribution in [3.05, 3.63) is 0 Å². The summed E-state index contributed by atoms with van der Waals surface area (Å²) in [6.45, 7) is 0. The predicted octanol–water partition coefficient (Wildman–Crippen LogP) is -1.19. The molecule has 0 amide bonds. The van der Waals surface area contributed by atoms with Gasteiger partial charge in [0.15, 0.2) is 0 Å². The van der Waals surface area contributed by atoms with Gasteiger partial charge in [-0.25, -0.2) is 4.79 Å². The van der Waals surface area contributed by atoms with Crippen LogP contribution in [-0.4, -0.2) is 134 Å². The fraction of sp³-hybridized carbons (Fsp3) is 0. The molecular weight excluding hydrogens is 349 g/mol. The number of halogens is 1. The predicted molar refractivity (Wildman–Crippen MR) is 28.8 cm³/mol. The van der Waals surface area contributed by atoms with E-state index >= 15 is 0 Å². The van der Waals surface area contributed by atoms with Gasteiger partial charge in [0.2, 0.25) is 0 Å². The standard InChI is InChI=1S/CH2O3.Ba.Cs.FH.3H/c2-1(3)4;;;;;;/h(H2,2,3,4);;;1H;;;. The zero-order valence-electron chi connectivity index (χ0n) is 2.21. The molecule has 0 aliphatic rings. The Kier molecular flexibility index (Phi) is 51.3. The van der Waals surface area contributed by atoms with Crippen LogP contribution >= 0.6 is 0 Å². The maximum absolute atomic E-state index is 8.56. The quantitative estimate of drug-likeness (QED) is 0.538. The van der Waals surface area contributed by atoms with Crippen LogP contribution in [0.1, 0.15) is 0 Å². The molecule has 0 spiro atoms. The van der Waals surface area contributed by atoms with E-state index in [1.165, 1.54) is 0 Å². The van der Waals surface area contributed by atoms with Gasteiger partial charge in [0.05, 0.1) is 0 Å². The second-order valence-electron chi connectivity index (χ2n) is 0.283. The molecule has 0 saturated carbocycles. The van der Waals surface area contributed by atoms with Crippen LogP contribution in [0.15, 0.2) is 0 Å². The third-order valence-corrected chi connectivity index (χ3v) is 0. The third-order valence-electron chi connectivity index (χ3n) is 0. The van der Waals surface area contributed by atoms with E-state index < -0.39 is 6.16 Å². The molecule has 0 fully saturated rings. The summed E-state index contributed by atoms with van der Waals surface area (Å²) in [4.78, 5) is 8.56. The van der Waals surface area contributed by atoms with E-state index in [1.807, 2.05) is 0 Å².